The third kappa shape index (κ3) is 5.73. The average molecular weight is 410 g/mol. The Hall–Kier alpha value is -0.290. The van der Waals surface area contributed by atoms with Crippen molar-refractivity contribution >= 4 is 45.8 Å². The Balaban J connectivity index is 0.00000242. The first-order valence-electron chi connectivity index (χ1n) is 7.46. The third-order valence-electron chi connectivity index (χ3n) is 3.98. The summed E-state index contributed by atoms with van der Waals surface area (Å²) in [5.74, 6) is 0.841. The topological polar surface area (TPSA) is 32.3 Å². The summed E-state index contributed by atoms with van der Waals surface area (Å²) in [5.41, 5.74) is 1.10. The van der Waals surface area contributed by atoms with Gasteiger partial charge in [-0.2, -0.15) is 0 Å². The van der Waals surface area contributed by atoms with Gasteiger partial charge in [-0.15, -0.1) is 12.4 Å². The highest BCUT2D eigenvalue weighted by atomic mass is 79.9. The van der Waals surface area contributed by atoms with Crippen molar-refractivity contribution in [3.63, 3.8) is 0 Å². The minimum atomic E-state index is 0. The lowest BCUT2D eigenvalue weighted by Gasteiger charge is -2.32. The largest absolute Gasteiger partial charge is 0.342 e. The van der Waals surface area contributed by atoms with Crippen molar-refractivity contribution in [3.8, 4) is 0 Å². The molecule has 0 spiro atoms. The zero-order valence-electron chi connectivity index (χ0n) is 12.8. The fourth-order valence-electron chi connectivity index (χ4n) is 2.88. The molecule has 0 radical (unpaired) electrons. The van der Waals surface area contributed by atoms with E-state index in [1.54, 1.807) is 0 Å². The molecule has 1 saturated heterocycles. The Morgan fingerprint density at radius 1 is 1.50 bits per heavy atom. The molecule has 1 fully saturated rings. The smallest absolute Gasteiger partial charge is 0.222 e. The highest BCUT2D eigenvalue weighted by Gasteiger charge is 2.22. The van der Waals surface area contributed by atoms with Crippen LogP contribution in [0.4, 0.5) is 0 Å². The number of halogens is 3. The van der Waals surface area contributed by atoms with Crippen molar-refractivity contribution in [1.82, 2.24) is 10.2 Å². The second-order valence-electron chi connectivity index (χ2n) is 5.64. The second-order valence-corrected chi connectivity index (χ2v) is 6.93. The van der Waals surface area contributed by atoms with E-state index in [4.69, 9.17) is 11.6 Å². The van der Waals surface area contributed by atoms with Crippen LogP contribution in [-0.4, -0.2) is 37.5 Å². The Bertz CT molecular complexity index is 497. The lowest BCUT2D eigenvalue weighted by atomic mass is 9.97. The van der Waals surface area contributed by atoms with Gasteiger partial charge < -0.3 is 10.2 Å². The van der Waals surface area contributed by atoms with Crippen molar-refractivity contribution in [2.24, 2.45) is 5.92 Å². The first-order valence-corrected chi connectivity index (χ1v) is 8.63. The van der Waals surface area contributed by atoms with Gasteiger partial charge in [-0.25, -0.2) is 0 Å². The molecule has 0 aliphatic carbocycles. The number of nitrogens with one attached hydrogen (secondary N) is 1. The van der Waals surface area contributed by atoms with Crippen LogP contribution in [0.3, 0.4) is 0 Å². The lowest BCUT2D eigenvalue weighted by molar-refractivity contribution is -0.132. The molecule has 1 aliphatic rings. The molecule has 22 heavy (non-hydrogen) atoms. The van der Waals surface area contributed by atoms with E-state index >= 15 is 0 Å². The highest BCUT2D eigenvalue weighted by Crippen LogP contribution is 2.23. The normalized spacial score (nSPS) is 18.0. The van der Waals surface area contributed by atoms with E-state index in [2.05, 4.69) is 21.2 Å². The molecule has 3 nitrogen and oxygen atoms in total. The van der Waals surface area contributed by atoms with Crippen LogP contribution in [0.1, 0.15) is 24.8 Å². The standard InChI is InChI=1S/C16H22BrClN2O.ClH/c1-19-10-12-3-2-8-20(11-12)16(21)7-4-13-9-14(18)5-6-15(13)17;/h5-6,9,12,19H,2-4,7-8,10-11H2,1H3;1H. The summed E-state index contributed by atoms with van der Waals surface area (Å²) < 4.78 is 1.02. The SMILES string of the molecule is CNCC1CCCN(C(=O)CCc2cc(Cl)ccc2Br)C1.Cl. The van der Waals surface area contributed by atoms with E-state index in [9.17, 15) is 4.79 Å². The minimum absolute atomic E-state index is 0. The maximum atomic E-state index is 12.4. The van der Waals surface area contributed by atoms with Gasteiger partial charge in [0.25, 0.3) is 0 Å². The molecular weight excluding hydrogens is 387 g/mol. The summed E-state index contributed by atoms with van der Waals surface area (Å²) in [5, 5.41) is 3.93. The van der Waals surface area contributed by atoms with Crippen molar-refractivity contribution < 1.29 is 4.79 Å². The minimum Gasteiger partial charge on any atom is -0.342 e. The summed E-state index contributed by atoms with van der Waals surface area (Å²) >= 11 is 9.53. The van der Waals surface area contributed by atoms with Gasteiger partial charge in [0.2, 0.25) is 5.91 Å². The number of benzene rings is 1. The van der Waals surface area contributed by atoms with Gasteiger partial charge in [-0.3, -0.25) is 4.79 Å². The van der Waals surface area contributed by atoms with Crippen molar-refractivity contribution in [2.45, 2.75) is 25.7 Å². The van der Waals surface area contributed by atoms with Gasteiger partial charge in [0, 0.05) is 29.0 Å². The van der Waals surface area contributed by atoms with Crippen molar-refractivity contribution in [3.05, 3.63) is 33.3 Å². The molecule has 0 bridgehead atoms. The highest BCUT2D eigenvalue weighted by molar-refractivity contribution is 9.10. The van der Waals surface area contributed by atoms with E-state index in [-0.39, 0.29) is 18.3 Å². The van der Waals surface area contributed by atoms with Gasteiger partial charge in [0.15, 0.2) is 0 Å². The van der Waals surface area contributed by atoms with Crippen molar-refractivity contribution in [1.29, 1.82) is 0 Å². The van der Waals surface area contributed by atoms with Crippen LogP contribution in [0, 0.1) is 5.92 Å². The summed E-state index contributed by atoms with van der Waals surface area (Å²) in [7, 11) is 1.97. The fourth-order valence-corrected chi connectivity index (χ4v) is 3.52. The van der Waals surface area contributed by atoms with Gasteiger partial charge in [-0.05, 0) is 62.5 Å². The predicted octanol–water partition coefficient (Wildman–Crippen LogP) is 3.91. The van der Waals surface area contributed by atoms with Crippen LogP contribution in [0.5, 0.6) is 0 Å². The van der Waals surface area contributed by atoms with Crippen LogP contribution in [0.15, 0.2) is 22.7 Å². The second kappa shape index (κ2) is 9.76. The molecular formula is C16H23BrCl2N2O. The molecule has 0 aromatic heterocycles. The Labute approximate surface area is 152 Å². The van der Waals surface area contributed by atoms with Crippen molar-refractivity contribution in [2.75, 3.05) is 26.7 Å². The quantitative estimate of drug-likeness (QED) is 0.799. The first kappa shape index (κ1) is 19.8. The molecule has 1 aliphatic heterocycles. The maximum absolute atomic E-state index is 12.4. The molecule has 1 atom stereocenters. The van der Waals surface area contributed by atoms with Gasteiger partial charge in [0.05, 0.1) is 0 Å². The number of hydrogen-bond acceptors (Lipinski definition) is 2. The number of rotatable bonds is 5. The van der Waals surface area contributed by atoms with Gasteiger partial charge in [0.1, 0.15) is 0 Å². The predicted molar refractivity (Wildman–Crippen MR) is 98.0 cm³/mol. The molecule has 1 aromatic rings. The molecule has 1 unspecified atom stereocenters. The Morgan fingerprint density at radius 3 is 3.00 bits per heavy atom. The van der Waals surface area contributed by atoms with E-state index in [0.717, 1.165) is 42.5 Å². The number of carbonyl (C=O) groups is 1. The zero-order chi connectivity index (χ0) is 15.2. The van der Waals surface area contributed by atoms with Crippen LogP contribution in [0.2, 0.25) is 5.02 Å². The van der Waals surface area contributed by atoms with Gasteiger partial charge >= 0.3 is 0 Å². The zero-order valence-corrected chi connectivity index (χ0v) is 15.9. The average Bonchev–Trinajstić information content (AvgIpc) is 2.48. The van der Waals surface area contributed by atoms with Crippen LogP contribution in [-0.2, 0) is 11.2 Å². The van der Waals surface area contributed by atoms with E-state index in [0.29, 0.717) is 17.4 Å². The summed E-state index contributed by atoms with van der Waals surface area (Å²) in [6.07, 6.45) is 3.60. The summed E-state index contributed by atoms with van der Waals surface area (Å²) in [4.78, 5) is 14.4. The van der Waals surface area contributed by atoms with Gasteiger partial charge in [-0.1, -0.05) is 27.5 Å². The molecule has 1 aromatic carbocycles. The van der Waals surface area contributed by atoms with E-state index < -0.39 is 0 Å². The van der Waals surface area contributed by atoms with Crippen LogP contribution >= 0.6 is 39.9 Å². The summed E-state index contributed by atoms with van der Waals surface area (Å²) in [6, 6.07) is 5.72. The lowest BCUT2D eigenvalue weighted by Crippen LogP contribution is -2.42. The number of hydrogen-bond donors (Lipinski definition) is 1. The molecule has 124 valence electrons. The molecule has 2 rings (SSSR count). The summed E-state index contributed by atoms with van der Waals surface area (Å²) in [6.45, 7) is 2.77. The first-order chi connectivity index (χ1) is 10.1. The van der Waals surface area contributed by atoms with E-state index in [1.165, 1.54) is 6.42 Å². The Kier molecular flexibility index (Phi) is 8.77. The van der Waals surface area contributed by atoms with E-state index in [1.807, 2.05) is 30.1 Å². The number of piperidine rings is 1. The number of nitrogens with zero attached hydrogens (tertiary/aromatic N) is 1. The number of carbonyl (C=O) groups excluding carboxylic acids is 1. The molecule has 1 heterocycles. The molecule has 1 amide bonds. The third-order valence-corrected chi connectivity index (χ3v) is 4.99. The molecule has 6 heteroatoms. The van der Waals surface area contributed by atoms with Crippen LogP contribution in [0.25, 0.3) is 0 Å². The maximum Gasteiger partial charge on any atom is 0.222 e. The fraction of sp³-hybridized carbons (Fsp3) is 0.562. The van der Waals surface area contributed by atoms with Crippen LogP contribution < -0.4 is 5.32 Å². The number of likely N-dealkylation sites (tertiary alicyclic amines) is 1. The Morgan fingerprint density at radius 2 is 2.27 bits per heavy atom. The molecule has 1 N–H and O–H groups in total. The monoisotopic (exact) mass is 408 g/mol. The number of aryl methyl sites for hydroxylation is 1. The number of amides is 1. The molecule has 0 saturated carbocycles.